The van der Waals surface area contributed by atoms with Gasteiger partial charge in [0.05, 0.1) is 17.3 Å². The molecule has 1 N–H and O–H groups in total. The average Bonchev–Trinajstić information content (AvgIpc) is 2.74. The van der Waals surface area contributed by atoms with E-state index in [9.17, 15) is 0 Å². The van der Waals surface area contributed by atoms with Gasteiger partial charge in [0.2, 0.25) is 0 Å². The molecule has 104 valence electrons. The van der Waals surface area contributed by atoms with E-state index >= 15 is 0 Å². The van der Waals surface area contributed by atoms with Gasteiger partial charge in [-0.05, 0) is 42.0 Å². The van der Waals surface area contributed by atoms with Crippen molar-refractivity contribution in [1.82, 2.24) is 10.2 Å². The summed E-state index contributed by atoms with van der Waals surface area (Å²) in [6.45, 7) is 6.31. The Morgan fingerprint density at radius 3 is 2.44 bits per heavy atom. The molecule has 1 heterocycles. The molecular weight excluding hydrogens is 292 g/mol. The van der Waals surface area contributed by atoms with Crippen molar-refractivity contribution in [2.75, 3.05) is 20.6 Å². The van der Waals surface area contributed by atoms with E-state index in [0.29, 0.717) is 6.04 Å². The number of nitrogens with one attached hydrogen (secondary N) is 1. The van der Waals surface area contributed by atoms with Crippen LogP contribution in [0.25, 0.3) is 0 Å². The van der Waals surface area contributed by atoms with E-state index in [0.717, 1.165) is 29.2 Å². The van der Waals surface area contributed by atoms with Crippen LogP contribution < -0.4 is 5.32 Å². The maximum Gasteiger partial charge on any atom is 0.131 e. The Kier molecular flexibility index (Phi) is 6.97. The first kappa shape index (κ1) is 15.7. The van der Waals surface area contributed by atoms with Gasteiger partial charge in [0, 0.05) is 12.6 Å². The molecule has 1 unspecified atom stereocenters. The molecule has 1 atom stereocenters. The lowest BCUT2D eigenvalue weighted by molar-refractivity contribution is 0.193. The fraction of sp³-hybridized carbons (Fsp3) is 0.714. The van der Waals surface area contributed by atoms with E-state index in [4.69, 9.17) is 4.42 Å². The molecule has 0 spiro atoms. The van der Waals surface area contributed by atoms with Gasteiger partial charge in [0.25, 0.3) is 0 Å². The van der Waals surface area contributed by atoms with Gasteiger partial charge >= 0.3 is 0 Å². The Balaban J connectivity index is 2.45. The number of likely N-dealkylation sites (N-methyl/N-ethyl adjacent to an activating group) is 1. The third-order valence-corrected chi connectivity index (χ3v) is 4.29. The third kappa shape index (κ3) is 4.41. The third-order valence-electron chi connectivity index (χ3n) is 3.59. The Morgan fingerprint density at radius 1 is 1.33 bits per heavy atom. The second kappa shape index (κ2) is 7.97. The number of furan rings is 1. The lowest BCUT2D eigenvalue weighted by atomic mass is 9.93. The Morgan fingerprint density at radius 2 is 2.00 bits per heavy atom. The summed E-state index contributed by atoms with van der Waals surface area (Å²) >= 11 is 3.47. The van der Waals surface area contributed by atoms with Crippen LogP contribution in [0.3, 0.4) is 0 Å². The predicted octanol–water partition coefficient (Wildman–Crippen LogP) is 3.50. The molecule has 0 saturated carbocycles. The van der Waals surface area contributed by atoms with Gasteiger partial charge in [-0.25, -0.2) is 0 Å². The number of halogens is 1. The molecule has 0 aliphatic rings. The fourth-order valence-electron chi connectivity index (χ4n) is 2.39. The van der Waals surface area contributed by atoms with E-state index < -0.39 is 0 Å². The molecule has 1 rings (SSSR count). The molecule has 0 radical (unpaired) electrons. The van der Waals surface area contributed by atoms with Gasteiger partial charge in [0.1, 0.15) is 5.76 Å². The molecule has 4 heteroatoms. The quantitative estimate of drug-likeness (QED) is 0.795. The predicted molar refractivity (Wildman–Crippen MR) is 79.7 cm³/mol. The second-order valence-corrected chi connectivity index (χ2v) is 5.78. The fourth-order valence-corrected chi connectivity index (χ4v) is 2.73. The molecule has 0 amide bonds. The largest absolute Gasteiger partial charge is 0.467 e. The smallest absolute Gasteiger partial charge is 0.131 e. The zero-order valence-electron chi connectivity index (χ0n) is 11.9. The van der Waals surface area contributed by atoms with Crippen molar-refractivity contribution in [2.45, 2.75) is 39.3 Å². The zero-order valence-corrected chi connectivity index (χ0v) is 13.5. The highest BCUT2D eigenvalue weighted by Crippen LogP contribution is 2.18. The maximum absolute atomic E-state index is 5.40. The van der Waals surface area contributed by atoms with Gasteiger partial charge in [0.15, 0.2) is 0 Å². The van der Waals surface area contributed by atoms with Crippen molar-refractivity contribution in [3.8, 4) is 0 Å². The van der Waals surface area contributed by atoms with Gasteiger partial charge in [-0.1, -0.05) is 26.7 Å². The molecule has 0 saturated heterocycles. The Bertz CT molecular complexity index is 334. The number of hydrogen-bond donors (Lipinski definition) is 1. The molecule has 18 heavy (non-hydrogen) atoms. The first-order valence-corrected chi connectivity index (χ1v) is 7.48. The van der Waals surface area contributed by atoms with Crippen molar-refractivity contribution in [2.24, 2.45) is 5.92 Å². The summed E-state index contributed by atoms with van der Waals surface area (Å²) in [6, 6.07) is 2.51. The van der Waals surface area contributed by atoms with Crippen LogP contribution in [0.2, 0.25) is 0 Å². The van der Waals surface area contributed by atoms with E-state index in [1.807, 2.05) is 6.07 Å². The number of rotatable bonds is 8. The number of nitrogens with zero attached hydrogens (tertiary/aromatic N) is 1. The Hall–Kier alpha value is -0.320. The molecular formula is C14H25BrN2O. The zero-order chi connectivity index (χ0) is 13.5. The minimum atomic E-state index is 0.578. The van der Waals surface area contributed by atoms with Crippen LogP contribution in [-0.2, 0) is 6.54 Å². The van der Waals surface area contributed by atoms with Crippen molar-refractivity contribution in [3.05, 3.63) is 22.6 Å². The van der Waals surface area contributed by atoms with Gasteiger partial charge in [-0.2, -0.15) is 0 Å². The Labute approximate surface area is 119 Å². The lowest BCUT2D eigenvalue weighted by Crippen LogP contribution is -2.42. The highest BCUT2D eigenvalue weighted by Gasteiger charge is 2.20. The summed E-state index contributed by atoms with van der Waals surface area (Å²) in [5, 5.41) is 3.49. The van der Waals surface area contributed by atoms with E-state index in [2.05, 4.69) is 54.1 Å². The molecule has 0 aliphatic carbocycles. The summed E-state index contributed by atoms with van der Waals surface area (Å²) in [7, 11) is 4.32. The van der Waals surface area contributed by atoms with E-state index in [-0.39, 0.29) is 0 Å². The number of hydrogen-bond acceptors (Lipinski definition) is 3. The first-order valence-electron chi connectivity index (χ1n) is 6.69. The van der Waals surface area contributed by atoms with Crippen LogP contribution in [0, 0.1) is 5.92 Å². The van der Waals surface area contributed by atoms with Gasteiger partial charge in [-0.15, -0.1) is 0 Å². The van der Waals surface area contributed by atoms with Crippen LogP contribution in [0.4, 0.5) is 0 Å². The topological polar surface area (TPSA) is 28.4 Å². The lowest BCUT2D eigenvalue weighted by Gasteiger charge is -2.31. The van der Waals surface area contributed by atoms with Crippen molar-refractivity contribution < 1.29 is 4.42 Å². The summed E-state index contributed by atoms with van der Waals surface area (Å²) in [5.41, 5.74) is 0. The van der Waals surface area contributed by atoms with Crippen LogP contribution in [0.5, 0.6) is 0 Å². The molecule has 0 aliphatic heterocycles. The van der Waals surface area contributed by atoms with Crippen molar-refractivity contribution in [1.29, 1.82) is 0 Å². The van der Waals surface area contributed by atoms with Crippen LogP contribution >= 0.6 is 15.9 Å². The second-order valence-electron chi connectivity index (χ2n) is 4.93. The van der Waals surface area contributed by atoms with E-state index in [1.165, 1.54) is 12.8 Å². The average molecular weight is 317 g/mol. The minimum absolute atomic E-state index is 0.578. The van der Waals surface area contributed by atoms with E-state index in [1.54, 1.807) is 6.26 Å². The maximum atomic E-state index is 5.40. The summed E-state index contributed by atoms with van der Waals surface area (Å²) in [6.07, 6.45) is 4.17. The van der Waals surface area contributed by atoms with Gasteiger partial charge in [-0.3, -0.25) is 0 Å². The molecule has 0 bridgehead atoms. The summed E-state index contributed by atoms with van der Waals surface area (Å²) in [5.74, 6) is 1.71. The molecule has 1 aromatic rings. The minimum Gasteiger partial charge on any atom is -0.467 e. The van der Waals surface area contributed by atoms with Crippen molar-refractivity contribution in [3.63, 3.8) is 0 Å². The van der Waals surface area contributed by atoms with Crippen LogP contribution in [0.1, 0.15) is 32.4 Å². The summed E-state index contributed by atoms with van der Waals surface area (Å²) in [4.78, 5) is 2.32. The molecule has 0 aromatic carbocycles. The van der Waals surface area contributed by atoms with Crippen LogP contribution in [0.15, 0.2) is 21.2 Å². The SMILES string of the molecule is CCC(CC)C(CNCc1occc1Br)N(C)C. The highest BCUT2D eigenvalue weighted by atomic mass is 79.9. The van der Waals surface area contributed by atoms with Gasteiger partial charge < -0.3 is 14.6 Å². The van der Waals surface area contributed by atoms with Crippen molar-refractivity contribution >= 4 is 15.9 Å². The normalized spacial score (nSPS) is 13.5. The summed E-state index contributed by atoms with van der Waals surface area (Å²) < 4.78 is 6.44. The molecule has 0 fully saturated rings. The van der Waals surface area contributed by atoms with Crippen LogP contribution in [-0.4, -0.2) is 31.6 Å². The highest BCUT2D eigenvalue weighted by molar-refractivity contribution is 9.10. The molecule has 3 nitrogen and oxygen atoms in total. The first-order chi connectivity index (χ1) is 8.60. The molecule has 1 aromatic heterocycles. The monoisotopic (exact) mass is 316 g/mol. The standard InChI is InChI=1S/C14H25BrN2O/c1-5-11(6-2)13(17(3)4)9-16-10-14-12(15)7-8-18-14/h7-8,11,13,16H,5-6,9-10H2,1-4H3.